The van der Waals surface area contributed by atoms with Crippen LogP contribution in [0.5, 0.6) is 17.2 Å². The molecule has 0 fully saturated rings. The number of nitrogens with zero attached hydrogens (tertiary/aromatic N) is 1. The fourth-order valence-corrected chi connectivity index (χ4v) is 4.87. The van der Waals surface area contributed by atoms with Gasteiger partial charge in [0.25, 0.3) is 5.91 Å². The Morgan fingerprint density at radius 3 is 2.34 bits per heavy atom. The number of pyridine rings is 1. The predicted molar refractivity (Wildman–Crippen MR) is 161 cm³/mol. The molecule has 4 rings (SSSR count). The number of carbonyl (C=O) groups excluding carboxylic acids is 1. The normalized spacial score (nSPS) is 12.6. The average molecular weight is 559 g/mol. The Morgan fingerprint density at radius 1 is 1.02 bits per heavy atom. The number of benzene rings is 3. The molecule has 0 aliphatic heterocycles. The highest BCUT2D eigenvalue weighted by molar-refractivity contribution is 6.08. The monoisotopic (exact) mass is 558 g/mol. The van der Waals surface area contributed by atoms with Crippen molar-refractivity contribution in [3.63, 3.8) is 0 Å². The number of phenols is 1. The number of aromatic hydroxyl groups is 1. The maximum absolute atomic E-state index is 12.5. The fraction of sp³-hybridized carbons (Fsp3) is 0.312. The number of phenolic OH excluding ortho intramolecular Hbond substituents is 1. The second-order valence-corrected chi connectivity index (χ2v) is 9.72. The number of carbonyl (C=O) groups is 1. The van der Waals surface area contributed by atoms with E-state index >= 15 is 0 Å². The molecule has 0 radical (unpaired) electrons. The quantitative estimate of drug-likeness (QED) is 0.148. The van der Waals surface area contributed by atoms with Crippen LogP contribution in [-0.2, 0) is 13.0 Å². The lowest BCUT2D eigenvalue weighted by atomic mass is 10.00. The minimum atomic E-state index is -0.746. The lowest BCUT2D eigenvalue weighted by molar-refractivity contribution is 0.100. The molecule has 1 heterocycles. The highest BCUT2D eigenvalue weighted by Gasteiger charge is 2.20. The third-order valence-corrected chi connectivity index (χ3v) is 7.01. The zero-order chi connectivity index (χ0) is 29.5. The second kappa shape index (κ2) is 13.3. The van der Waals surface area contributed by atoms with Gasteiger partial charge in [0.1, 0.15) is 5.75 Å². The van der Waals surface area contributed by atoms with Crippen LogP contribution in [0.4, 0.5) is 11.4 Å². The third kappa shape index (κ3) is 6.70. The highest BCUT2D eigenvalue weighted by atomic mass is 16.5. The summed E-state index contributed by atoms with van der Waals surface area (Å²) in [6.45, 7) is 9.22. The molecule has 216 valence electrons. The number of aliphatic hydroxyl groups excluding tert-OH is 1. The van der Waals surface area contributed by atoms with Gasteiger partial charge in [-0.15, -0.1) is 0 Å². The van der Waals surface area contributed by atoms with Gasteiger partial charge in [-0.25, -0.2) is 0 Å². The molecule has 9 heteroatoms. The van der Waals surface area contributed by atoms with Crippen molar-refractivity contribution >= 4 is 28.2 Å². The summed E-state index contributed by atoms with van der Waals surface area (Å²) in [5.74, 6) is 0.701. The summed E-state index contributed by atoms with van der Waals surface area (Å²) in [5, 5.41) is 27.9. The lowest BCUT2D eigenvalue weighted by Crippen LogP contribution is -2.32. The number of hydrogen-bond acceptors (Lipinski definition) is 8. The number of rotatable bonds is 13. The summed E-state index contributed by atoms with van der Waals surface area (Å²) in [6, 6.07) is 15.9. The second-order valence-electron chi connectivity index (χ2n) is 9.72. The van der Waals surface area contributed by atoms with Gasteiger partial charge in [0.2, 0.25) is 0 Å². The van der Waals surface area contributed by atoms with Crippen LogP contribution in [0.1, 0.15) is 60.8 Å². The Hall–Kier alpha value is -4.34. The van der Waals surface area contributed by atoms with Crippen LogP contribution in [0.15, 0.2) is 60.8 Å². The Kier molecular flexibility index (Phi) is 9.65. The highest BCUT2D eigenvalue weighted by Crippen LogP contribution is 2.38. The minimum Gasteiger partial charge on any atom is -0.508 e. The third-order valence-electron chi connectivity index (χ3n) is 7.01. The van der Waals surface area contributed by atoms with Crippen LogP contribution in [0, 0.1) is 0 Å². The number of nitrogens with two attached hydrogens (primary N) is 1. The van der Waals surface area contributed by atoms with Crippen molar-refractivity contribution in [1.82, 2.24) is 10.3 Å². The van der Waals surface area contributed by atoms with Gasteiger partial charge in [-0.05, 0) is 68.1 Å². The maximum Gasteiger partial charge on any atom is 0.252 e. The molecule has 3 aromatic carbocycles. The molecule has 9 nitrogen and oxygen atoms in total. The smallest absolute Gasteiger partial charge is 0.252 e. The topological polar surface area (TPSA) is 139 Å². The number of anilines is 2. The van der Waals surface area contributed by atoms with E-state index in [0.29, 0.717) is 47.8 Å². The fourth-order valence-electron chi connectivity index (χ4n) is 4.87. The van der Waals surface area contributed by atoms with Gasteiger partial charge in [0.05, 0.1) is 36.1 Å². The minimum absolute atomic E-state index is 0.156. The van der Waals surface area contributed by atoms with Gasteiger partial charge >= 0.3 is 0 Å². The van der Waals surface area contributed by atoms with Gasteiger partial charge in [-0.3, -0.25) is 9.78 Å². The average Bonchev–Trinajstić information content (AvgIpc) is 2.96. The first-order valence-electron chi connectivity index (χ1n) is 13.9. The van der Waals surface area contributed by atoms with Crippen molar-refractivity contribution < 1.29 is 24.5 Å². The van der Waals surface area contributed by atoms with Crippen LogP contribution in [0.2, 0.25) is 0 Å². The van der Waals surface area contributed by atoms with E-state index in [1.165, 1.54) is 6.20 Å². The predicted octanol–water partition coefficient (Wildman–Crippen LogP) is 5.35. The molecule has 0 spiro atoms. The Bertz CT molecular complexity index is 1510. The molecule has 0 bridgehead atoms. The van der Waals surface area contributed by atoms with E-state index in [0.717, 1.165) is 28.8 Å². The number of aromatic nitrogens is 1. The van der Waals surface area contributed by atoms with E-state index in [-0.39, 0.29) is 17.4 Å². The van der Waals surface area contributed by atoms with Crippen molar-refractivity contribution in [2.24, 2.45) is 5.73 Å². The lowest BCUT2D eigenvalue weighted by Gasteiger charge is -2.23. The van der Waals surface area contributed by atoms with Gasteiger partial charge in [0.15, 0.2) is 11.5 Å². The summed E-state index contributed by atoms with van der Waals surface area (Å²) >= 11 is 0. The van der Waals surface area contributed by atoms with Crippen molar-refractivity contribution in [2.45, 2.75) is 52.8 Å². The number of hydrogen-bond donors (Lipinski definition) is 5. The zero-order valence-electron chi connectivity index (χ0n) is 23.9. The van der Waals surface area contributed by atoms with Crippen LogP contribution in [0.25, 0.3) is 10.9 Å². The molecule has 0 unspecified atom stereocenters. The van der Waals surface area contributed by atoms with E-state index in [4.69, 9.17) is 15.2 Å². The summed E-state index contributed by atoms with van der Waals surface area (Å²) in [4.78, 5) is 17.0. The van der Waals surface area contributed by atoms with E-state index in [9.17, 15) is 15.0 Å². The molecule has 4 aromatic rings. The Morgan fingerprint density at radius 2 is 1.71 bits per heavy atom. The molecular weight excluding hydrogens is 520 g/mol. The molecule has 1 aromatic heterocycles. The van der Waals surface area contributed by atoms with Crippen LogP contribution in [-0.4, -0.2) is 40.4 Å². The number of fused-ring (bicyclic) bond motifs is 1. The van der Waals surface area contributed by atoms with Crippen molar-refractivity contribution in [3.05, 3.63) is 83.0 Å². The molecule has 1 amide bonds. The molecule has 0 aliphatic rings. The summed E-state index contributed by atoms with van der Waals surface area (Å²) in [5.41, 5.74) is 10.9. The van der Waals surface area contributed by atoms with Crippen LogP contribution < -0.4 is 25.8 Å². The molecule has 41 heavy (non-hydrogen) atoms. The van der Waals surface area contributed by atoms with Crippen LogP contribution >= 0.6 is 0 Å². The summed E-state index contributed by atoms with van der Waals surface area (Å²) in [6.07, 6.45) is 1.46. The Labute approximate surface area is 240 Å². The number of nitrogens with one attached hydrogen (secondary N) is 2. The first-order valence-corrected chi connectivity index (χ1v) is 13.9. The van der Waals surface area contributed by atoms with Gasteiger partial charge in [-0.2, -0.15) is 0 Å². The maximum atomic E-state index is 12.5. The van der Waals surface area contributed by atoms with E-state index < -0.39 is 12.0 Å². The number of aliphatic hydroxyl groups is 1. The molecule has 0 saturated carbocycles. The SMILES string of the molecule is CCOc1cc2ncc(C(N)=O)c(Nc3cccc(CN[C@H](C)[C@H](O)c4ccc(O)cc4)c3CC)c2cc1OCC. The summed E-state index contributed by atoms with van der Waals surface area (Å²) < 4.78 is 11.6. The number of primary amides is 1. The zero-order valence-corrected chi connectivity index (χ0v) is 23.9. The van der Waals surface area contributed by atoms with Crippen molar-refractivity contribution in [3.8, 4) is 17.2 Å². The Balaban J connectivity index is 1.67. The number of amides is 1. The largest absolute Gasteiger partial charge is 0.508 e. The first kappa shape index (κ1) is 29.6. The van der Waals surface area contributed by atoms with Gasteiger partial charge in [-0.1, -0.05) is 31.2 Å². The van der Waals surface area contributed by atoms with Gasteiger partial charge < -0.3 is 36.1 Å². The van der Waals surface area contributed by atoms with E-state index in [1.807, 2.05) is 51.1 Å². The first-order chi connectivity index (χ1) is 19.8. The molecule has 2 atom stereocenters. The van der Waals surface area contributed by atoms with Crippen molar-refractivity contribution in [2.75, 3.05) is 18.5 Å². The molecular formula is C32H38N4O5. The summed E-state index contributed by atoms with van der Waals surface area (Å²) in [7, 11) is 0. The number of ether oxygens (including phenoxy) is 2. The van der Waals surface area contributed by atoms with Crippen LogP contribution in [0.3, 0.4) is 0 Å². The van der Waals surface area contributed by atoms with Gasteiger partial charge in [0, 0.05) is 35.9 Å². The van der Waals surface area contributed by atoms with Crippen molar-refractivity contribution in [1.29, 1.82) is 0 Å². The van der Waals surface area contributed by atoms with E-state index in [2.05, 4.69) is 22.5 Å². The molecule has 6 N–H and O–H groups in total. The molecule has 0 saturated heterocycles. The standard InChI is InChI=1S/C32H38N4O5/c1-5-23-21(17-34-19(4)31(38)20-11-13-22(37)14-12-20)9-8-10-26(23)36-30-24-15-28(40-6-2)29(41-7-3)16-27(24)35-18-25(30)32(33)39/h8-16,18-19,31,34,37-38H,5-7,17H2,1-4H3,(H2,33,39)(H,35,36)/t19-,31+/m1/s1. The molecule has 0 aliphatic carbocycles. The van der Waals surface area contributed by atoms with E-state index in [1.54, 1.807) is 24.3 Å².